The number of hydrogen-bond donors (Lipinski definition) is 0. The maximum absolute atomic E-state index is 6.13. The van der Waals surface area contributed by atoms with E-state index in [0.29, 0.717) is 0 Å². The number of benzene rings is 8. The van der Waals surface area contributed by atoms with Crippen molar-refractivity contribution < 1.29 is 4.42 Å². The average Bonchev–Trinajstić information content (AvgIpc) is 3.52. The molecule has 0 saturated heterocycles. The van der Waals surface area contributed by atoms with Crippen molar-refractivity contribution in [1.29, 1.82) is 0 Å². The van der Waals surface area contributed by atoms with Gasteiger partial charge in [-0.15, -0.1) is 0 Å². The molecule has 0 bridgehead atoms. The lowest BCUT2D eigenvalue weighted by Crippen LogP contribution is -2.09. The topological polar surface area (TPSA) is 16.4 Å². The van der Waals surface area contributed by atoms with Crippen LogP contribution in [0.4, 0.5) is 17.1 Å². The van der Waals surface area contributed by atoms with Crippen molar-refractivity contribution >= 4 is 49.8 Å². The summed E-state index contributed by atoms with van der Waals surface area (Å²) < 4.78 is 6.13. The number of furan rings is 1. The van der Waals surface area contributed by atoms with Gasteiger partial charge in [0, 0.05) is 27.8 Å². The number of rotatable bonds is 6. The Balaban J connectivity index is 1.06. The summed E-state index contributed by atoms with van der Waals surface area (Å²) in [5.41, 5.74) is 12.4. The van der Waals surface area contributed by atoms with Crippen LogP contribution in [0, 0.1) is 0 Å². The highest BCUT2D eigenvalue weighted by atomic mass is 16.3. The van der Waals surface area contributed by atoms with Crippen molar-refractivity contribution in [2.45, 2.75) is 0 Å². The van der Waals surface area contributed by atoms with E-state index in [2.05, 4.69) is 181 Å². The molecule has 2 nitrogen and oxygen atoms in total. The third kappa shape index (κ3) is 5.01. The molecule has 9 rings (SSSR count). The van der Waals surface area contributed by atoms with Crippen LogP contribution in [-0.4, -0.2) is 0 Å². The summed E-state index contributed by atoms with van der Waals surface area (Å²) in [7, 11) is 0. The van der Waals surface area contributed by atoms with E-state index in [9.17, 15) is 0 Å². The van der Waals surface area contributed by atoms with Crippen LogP contribution in [0.3, 0.4) is 0 Å². The molecule has 0 aliphatic rings. The van der Waals surface area contributed by atoms with Gasteiger partial charge in [0.15, 0.2) is 0 Å². The Morgan fingerprint density at radius 3 is 1.56 bits per heavy atom. The number of hydrogen-bond acceptors (Lipinski definition) is 2. The fourth-order valence-corrected chi connectivity index (χ4v) is 6.87. The van der Waals surface area contributed by atoms with Crippen molar-refractivity contribution in [3.05, 3.63) is 188 Å². The number of fused-ring (bicyclic) bond motifs is 4. The van der Waals surface area contributed by atoms with Gasteiger partial charge < -0.3 is 9.32 Å². The molecular weight excluding hydrogens is 583 g/mol. The van der Waals surface area contributed by atoms with Crippen LogP contribution < -0.4 is 4.90 Å². The lowest BCUT2D eigenvalue weighted by molar-refractivity contribution is 0.669. The highest BCUT2D eigenvalue weighted by Gasteiger charge is 2.15. The van der Waals surface area contributed by atoms with Crippen molar-refractivity contribution in [2.24, 2.45) is 0 Å². The van der Waals surface area contributed by atoms with Gasteiger partial charge >= 0.3 is 0 Å². The van der Waals surface area contributed by atoms with E-state index < -0.39 is 0 Å². The summed E-state index contributed by atoms with van der Waals surface area (Å²) in [5, 5.41) is 4.68. The average molecular weight is 614 g/mol. The fourth-order valence-electron chi connectivity index (χ4n) is 6.87. The first-order valence-electron chi connectivity index (χ1n) is 16.3. The van der Waals surface area contributed by atoms with E-state index in [4.69, 9.17) is 4.42 Å². The smallest absolute Gasteiger partial charge is 0.136 e. The molecule has 48 heavy (non-hydrogen) atoms. The van der Waals surface area contributed by atoms with Gasteiger partial charge in [-0.05, 0) is 105 Å². The van der Waals surface area contributed by atoms with E-state index in [-0.39, 0.29) is 0 Å². The number of para-hydroxylation sites is 2. The van der Waals surface area contributed by atoms with Gasteiger partial charge in [-0.2, -0.15) is 0 Å². The maximum atomic E-state index is 6.13. The van der Waals surface area contributed by atoms with Gasteiger partial charge in [-0.1, -0.05) is 127 Å². The van der Waals surface area contributed by atoms with Crippen LogP contribution >= 0.6 is 0 Å². The van der Waals surface area contributed by atoms with Crippen molar-refractivity contribution in [2.75, 3.05) is 4.90 Å². The molecule has 0 saturated carbocycles. The molecule has 0 radical (unpaired) electrons. The zero-order chi connectivity index (χ0) is 31.9. The molecule has 226 valence electrons. The highest BCUT2D eigenvalue weighted by molar-refractivity contribution is 6.10. The van der Waals surface area contributed by atoms with Gasteiger partial charge in [-0.3, -0.25) is 0 Å². The van der Waals surface area contributed by atoms with Gasteiger partial charge in [-0.25, -0.2) is 0 Å². The molecule has 9 aromatic rings. The van der Waals surface area contributed by atoms with Crippen molar-refractivity contribution in [3.8, 4) is 33.4 Å². The summed E-state index contributed by atoms with van der Waals surface area (Å²) in [6.45, 7) is 0. The summed E-state index contributed by atoms with van der Waals surface area (Å²) in [6, 6.07) is 66.9. The first-order valence-corrected chi connectivity index (χ1v) is 16.3. The first kappa shape index (κ1) is 27.9. The Morgan fingerprint density at radius 1 is 0.312 bits per heavy atom. The second-order valence-corrected chi connectivity index (χ2v) is 12.2. The SMILES string of the molecule is c1ccc(-c2ccccc2-c2ccc(N(c3ccccc3)c3ccc(-c4ccc5cc6oc7ccccc7c6cc5c4)cc3)cc2)cc1. The van der Waals surface area contributed by atoms with E-state index in [1.54, 1.807) is 0 Å². The Hall–Kier alpha value is -6.38. The predicted molar refractivity (Wildman–Crippen MR) is 202 cm³/mol. The zero-order valence-corrected chi connectivity index (χ0v) is 26.3. The van der Waals surface area contributed by atoms with Crippen LogP contribution in [0.5, 0.6) is 0 Å². The largest absolute Gasteiger partial charge is 0.456 e. The van der Waals surface area contributed by atoms with Gasteiger partial charge in [0.2, 0.25) is 0 Å². The Bertz CT molecular complexity index is 2530. The third-order valence-corrected chi connectivity index (χ3v) is 9.26. The summed E-state index contributed by atoms with van der Waals surface area (Å²) in [5.74, 6) is 0. The van der Waals surface area contributed by atoms with Crippen LogP contribution in [0.2, 0.25) is 0 Å². The van der Waals surface area contributed by atoms with Crippen LogP contribution in [0.25, 0.3) is 66.1 Å². The normalized spacial score (nSPS) is 11.3. The third-order valence-electron chi connectivity index (χ3n) is 9.26. The van der Waals surface area contributed by atoms with E-state index in [1.807, 2.05) is 12.1 Å². The molecule has 1 heterocycles. The molecule has 0 amide bonds. The summed E-state index contributed by atoms with van der Waals surface area (Å²) in [6.07, 6.45) is 0. The quantitative estimate of drug-likeness (QED) is 0.185. The minimum atomic E-state index is 0.924. The monoisotopic (exact) mass is 613 g/mol. The van der Waals surface area contributed by atoms with Crippen LogP contribution in [0.1, 0.15) is 0 Å². The summed E-state index contributed by atoms with van der Waals surface area (Å²) in [4.78, 5) is 2.32. The first-order chi connectivity index (χ1) is 23.8. The number of nitrogens with zero attached hydrogens (tertiary/aromatic N) is 1. The van der Waals surface area contributed by atoms with Crippen LogP contribution in [-0.2, 0) is 0 Å². The Kier molecular flexibility index (Phi) is 6.84. The Labute approximate surface area is 279 Å². The fraction of sp³-hybridized carbons (Fsp3) is 0. The van der Waals surface area contributed by atoms with Crippen molar-refractivity contribution in [1.82, 2.24) is 0 Å². The Morgan fingerprint density at radius 2 is 0.854 bits per heavy atom. The molecular formula is C46H31NO. The lowest BCUT2D eigenvalue weighted by atomic mass is 9.94. The molecule has 0 aliphatic carbocycles. The molecule has 0 atom stereocenters. The van der Waals surface area contributed by atoms with E-state index in [1.165, 1.54) is 44.2 Å². The molecule has 8 aromatic carbocycles. The van der Waals surface area contributed by atoms with Crippen molar-refractivity contribution in [3.63, 3.8) is 0 Å². The minimum absolute atomic E-state index is 0.924. The second kappa shape index (κ2) is 11.8. The molecule has 0 N–H and O–H groups in total. The number of anilines is 3. The zero-order valence-electron chi connectivity index (χ0n) is 26.3. The molecule has 0 spiro atoms. The predicted octanol–water partition coefficient (Wildman–Crippen LogP) is 13.2. The summed E-state index contributed by atoms with van der Waals surface area (Å²) >= 11 is 0. The molecule has 0 fully saturated rings. The lowest BCUT2D eigenvalue weighted by Gasteiger charge is -2.26. The molecule has 1 aromatic heterocycles. The van der Waals surface area contributed by atoms with E-state index >= 15 is 0 Å². The standard InChI is InChI=1S/C46H31NO/c1-3-11-33(12-4-1)41-15-7-8-16-42(41)34-23-27-40(28-24-34)47(38-13-5-2-6-14-38)39-25-21-32(22-26-39)35-19-20-36-31-46-44(30-37(36)29-35)43-17-9-10-18-45(43)48-46/h1-31H. The maximum Gasteiger partial charge on any atom is 0.136 e. The molecule has 0 aliphatic heterocycles. The van der Waals surface area contributed by atoms with Gasteiger partial charge in [0.05, 0.1) is 0 Å². The van der Waals surface area contributed by atoms with Gasteiger partial charge in [0.25, 0.3) is 0 Å². The minimum Gasteiger partial charge on any atom is -0.456 e. The highest BCUT2D eigenvalue weighted by Crippen LogP contribution is 2.39. The van der Waals surface area contributed by atoms with Crippen LogP contribution in [0.15, 0.2) is 192 Å². The second-order valence-electron chi connectivity index (χ2n) is 12.2. The molecule has 0 unspecified atom stereocenters. The van der Waals surface area contributed by atoms with Gasteiger partial charge in [0.1, 0.15) is 11.2 Å². The van der Waals surface area contributed by atoms with E-state index in [0.717, 1.165) is 39.0 Å². The molecule has 2 heteroatoms.